The highest BCUT2D eigenvalue weighted by Crippen LogP contribution is 2.37. The van der Waals surface area contributed by atoms with Crippen molar-refractivity contribution in [1.29, 1.82) is 0 Å². The number of fused-ring (bicyclic) bond motifs is 3. The van der Waals surface area contributed by atoms with Crippen LogP contribution in [-0.4, -0.2) is 31.3 Å². The Bertz CT molecular complexity index is 977. The Balaban J connectivity index is 1.85. The molecule has 0 saturated heterocycles. The van der Waals surface area contributed by atoms with Crippen LogP contribution in [0.15, 0.2) is 23.3 Å². The Kier molecular flexibility index (Phi) is 4.03. The van der Waals surface area contributed by atoms with Gasteiger partial charge in [-0.2, -0.15) is 9.50 Å². The van der Waals surface area contributed by atoms with Crippen LogP contribution in [0, 0.1) is 11.8 Å². The number of rotatable bonds is 3. The number of hydrogen-bond acceptors (Lipinski definition) is 5. The molecule has 4 rings (SSSR count). The van der Waals surface area contributed by atoms with Crippen LogP contribution >= 0.6 is 0 Å². The van der Waals surface area contributed by atoms with Gasteiger partial charge in [0.25, 0.3) is 11.3 Å². The second-order valence-electron chi connectivity index (χ2n) is 7.09. The third-order valence-corrected chi connectivity index (χ3v) is 5.60. The van der Waals surface area contributed by atoms with Gasteiger partial charge in [0.1, 0.15) is 6.61 Å². The second kappa shape index (κ2) is 6.22. The van der Waals surface area contributed by atoms with Gasteiger partial charge in [0.2, 0.25) is 0 Å². The Morgan fingerprint density at radius 2 is 2.16 bits per heavy atom. The molecule has 3 aromatic heterocycles. The molecule has 3 heterocycles. The molecule has 0 bridgehead atoms. The maximum Gasteiger partial charge on any atom is 0.261 e. The predicted molar refractivity (Wildman–Crippen MR) is 94.5 cm³/mol. The molecular formula is C18H23N5O2. The lowest BCUT2D eigenvalue weighted by atomic mass is 9.78. The molecular weight excluding hydrogens is 318 g/mol. The van der Waals surface area contributed by atoms with Crippen LogP contribution in [0.4, 0.5) is 0 Å². The molecule has 0 aromatic carbocycles. The predicted octanol–water partition coefficient (Wildman–Crippen LogP) is 2.58. The van der Waals surface area contributed by atoms with E-state index in [2.05, 4.69) is 28.9 Å². The van der Waals surface area contributed by atoms with Crippen LogP contribution in [-0.2, 0) is 11.3 Å². The lowest BCUT2D eigenvalue weighted by molar-refractivity contribution is 0.178. The normalized spacial score (nSPS) is 24.2. The van der Waals surface area contributed by atoms with E-state index < -0.39 is 0 Å². The standard InChI is InChI=1S/C18H23N5O2/c1-11-5-4-6-14(12(11)2)22-8-7-15-13(17(22)24)9-19-18-20-16(10-25-3)21-23(15)18/h7-9,11-12,14H,4-6,10H2,1-3H3. The van der Waals surface area contributed by atoms with Gasteiger partial charge in [-0.25, -0.2) is 4.98 Å². The lowest BCUT2D eigenvalue weighted by Crippen LogP contribution is -2.33. The van der Waals surface area contributed by atoms with E-state index in [1.54, 1.807) is 17.8 Å². The van der Waals surface area contributed by atoms with Gasteiger partial charge in [0, 0.05) is 25.5 Å². The topological polar surface area (TPSA) is 74.3 Å². The first-order valence-electron chi connectivity index (χ1n) is 8.84. The minimum Gasteiger partial charge on any atom is -0.377 e. The summed E-state index contributed by atoms with van der Waals surface area (Å²) in [7, 11) is 1.60. The summed E-state index contributed by atoms with van der Waals surface area (Å²) in [6.07, 6.45) is 6.98. The molecule has 7 heteroatoms. The monoisotopic (exact) mass is 341 g/mol. The summed E-state index contributed by atoms with van der Waals surface area (Å²) in [5, 5.41) is 4.99. The van der Waals surface area contributed by atoms with Gasteiger partial charge >= 0.3 is 0 Å². The summed E-state index contributed by atoms with van der Waals surface area (Å²) in [6, 6.07) is 2.19. The molecule has 3 aromatic rings. The largest absolute Gasteiger partial charge is 0.377 e. The lowest BCUT2D eigenvalue weighted by Gasteiger charge is -2.35. The first-order chi connectivity index (χ1) is 12.1. The van der Waals surface area contributed by atoms with Crippen molar-refractivity contribution in [3.63, 3.8) is 0 Å². The highest BCUT2D eigenvalue weighted by Gasteiger charge is 2.29. The van der Waals surface area contributed by atoms with Crippen LogP contribution < -0.4 is 5.56 Å². The van der Waals surface area contributed by atoms with Crippen LogP contribution in [0.25, 0.3) is 16.7 Å². The summed E-state index contributed by atoms with van der Waals surface area (Å²) in [5.41, 5.74) is 0.735. The number of methoxy groups -OCH3 is 1. The Labute approximate surface area is 145 Å². The Hall–Kier alpha value is -2.28. The van der Waals surface area contributed by atoms with E-state index in [4.69, 9.17) is 4.74 Å². The third kappa shape index (κ3) is 2.63. The molecule has 132 valence electrons. The molecule has 0 spiro atoms. The summed E-state index contributed by atoms with van der Waals surface area (Å²) < 4.78 is 8.60. The minimum absolute atomic E-state index is 0.00152. The SMILES string of the molecule is COCc1nc2ncc3c(=O)n(C4CCCC(C)C4C)ccc3n2n1. The van der Waals surface area contributed by atoms with Crippen molar-refractivity contribution >= 4 is 16.7 Å². The van der Waals surface area contributed by atoms with E-state index in [0.29, 0.717) is 35.4 Å². The maximum absolute atomic E-state index is 13.1. The minimum atomic E-state index is 0.00152. The molecule has 1 aliphatic carbocycles. The average molecular weight is 341 g/mol. The number of hydrogen-bond donors (Lipinski definition) is 0. The van der Waals surface area contributed by atoms with Gasteiger partial charge in [0.15, 0.2) is 5.82 Å². The first kappa shape index (κ1) is 16.2. The molecule has 1 fully saturated rings. The second-order valence-corrected chi connectivity index (χ2v) is 7.09. The van der Waals surface area contributed by atoms with Gasteiger partial charge in [0.05, 0.1) is 10.9 Å². The number of aromatic nitrogens is 5. The van der Waals surface area contributed by atoms with Gasteiger partial charge in [-0.3, -0.25) is 4.79 Å². The van der Waals surface area contributed by atoms with Crippen molar-refractivity contribution in [3.8, 4) is 0 Å². The number of pyridine rings is 1. The Morgan fingerprint density at radius 3 is 2.96 bits per heavy atom. The quantitative estimate of drug-likeness (QED) is 0.732. The van der Waals surface area contributed by atoms with E-state index in [1.807, 2.05) is 16.8 Å². The third-order valence-electron chi connectivity index (χ3n) is 5.60. The maximum atomic E-state index is 13.1. The molecule has 0 aliphatic heterocycles. The van der Waals surface area contributed by atoms with Crippen LogP contribution in [0.2, 0.25) is 0 Å². The van der Waals surface area contributed by atoms with Crippen LogP contribution in [0.5, 0.6) is 0 Å². The summed E-state index contributed by atoms with van der Waals surface area (Å²) >= 11 is 0. The molecule has 1 aliphatic rings. The molecule has 7 nitrogen and oxygen atoms in total. The Morgan fingerprint density at radius 1 is 1.32 bits per heavy atom. The fraction of sp³-hybridized carbons (Fsp3) is 0.556. The molecule has 3 unspecified atom stereocenters. The summed E-state index contributed by atoms with van der Waals surface area (Å²) in [6.45, 7) is 4.85. The van der Waals surface area contributed by atoms with Crippen LogP contribution in [0.3, 0.4) is 0 Å². The van der Waals surface area contributed by atoms with E-state index in [0.717, 1.165) is 11.9 Å². The van der Waals surface area contributed by atoms with E-state index in [9.17, 15) is 4.79 Å². The molecule has 1 saturated carbocycles. The fourth-order valence-electron chi connectivity index (χ4n) is 3.97. The average Bonchev–Trinajstić information content (AvgIpc) is 3.01. The highest BCUT2D eigenvalue weighted by molar-refractivity contribution is 5.78. The van der Waals surface area contributed by atoms with Crippen molar-refractivity contribution < 1.29 is 4.74 Å². The van der Waals surface area contributed by atoms with Crippen molar-refractivity contribution in [2.45, 2.75) is 45.8 Å². The van der Waals surface area contributed by atoms with Gasteiger partial charge in [-0.1, -0.05) is 26.7 Å². The number of nitrogens with zero attached hydrogens (tertiary/aromatic N) is 5. The zero-order chi connectivity index (χ0) is 17.6. The van der Waals surface area contributed by atoms with Gasteiger partial charge in [-0.05, 0) is 24.3 Å². The number of ether oxygens (including phenoxy) is 1. The highest BCUT2D eigenvalue weighted by atomic mass is 16.5. The smallest absolute Gasteiger partial charge is 0.261 e. The van der Waals surface area contributed by atoms with Crippen LogP contribution in [0.1, 0.15) is 45.0 Å². The van der Waals surface area contributed by atoms with Gasteiger partial charge in [-0.15, -0.1) is 5.10 Å². The van der Waals surface area contributed by atoms with Crippen molar-refractivity contribution in [2.24, 2.45) is 11.8 Å². The molecule has 0 radical (unpaired) electrons. The van der Waals surface area contributed by atoms with E-state index in [-0.39, 0.29) is 11.6 Å². The zero-order valence-corrected chi connectivity index (χ0v) is 14.8. The van der Waals surface area contributed by atoms with E-state index >= 15 is 0 Å². The molecule has 25 heavy (non-hydrogen) atoms. The first-order valence-corrected chi connectivity index (χ1v) is 8.84. The van der Waals surface area contributed by atoms with Crippen molar-refractivity contribution in [2.75, 3.05) is 7.11 Å². The molecule has 0 N–H and O–H groups in total. The fourth-order valence-corrected chi connectivity index (χ4v) is 3.97. The molecule has 0 amide bonds. The van der Waals surface area contributed by atoms with Gasteiger partial charge < -0.3 is 9.30 Å². The van der Waals surface area contributed by atoms with Crippen molar-refractivity contribution in [3.05, 3.63) is 34.6 Å². The summed E-state index contributed by atoms with van der Waals surface area (Å²) in [4.78, 5) is 21.7. The zero-order valence-electron chi connectivity index (χ0n) is 14.8. The molecule has 3 atom stereocenters. The van der Waals surface area contributed by atoms with Crippen molar-refractivity contribution in [1.82, 2.24) is 24.1 Å². The summed E-state index contributed by atoms with van der Waals surface area (Å²) in [5.74, 6) is 2.16. The van der Waals surface area contributed by atoms with E-state index in [1.165, 1.54) is 12.8 Å².